The number of nitrogen functional groups attached to an aromatic ring is 1. The molecule has 1 aromatic heterocycles. The summed E-state index contributed by atoms with van der Waals surface area (Å²) in [6.45, 7) is 4.50. The molecule has 0 radical (unpaired) electrons. The molecule has 5 nitrogen and oxygen atoms in total. The van der Waals surface area contributed by atoms with E-state index in [0.717, 1.165) is 12.8 Å². The molecule has 1 saturated carbocycles. The van der Waals surface area contributed by atoms with Crippen LogP contribution in [0.2, 0.25) is 0 Å². The highest BCUT2D eigenvalue weighted by atomic mass is 16.1. The number of amides is 1. The number of aromatic nitrogens is 2. The number of hydrogen-bond acceptors (Lipinski definition) is 3. The first-order valence-corrected chi connectivity index (χ1v) is 6.08. The third-order valence-corrected chi connectivity index (χ3v) is 3.45. The van der Waals surface area contributed by atoms with E-state index in [1.54, 1.807) is 0 Å². The van der Waals surface area contributed by atoms with Crippen molar-refractivity contribution < 1.29 is 4.79 Å². The highest BCUT2D eigenvalue weighted by molar-refractivity contribution is 5.98. The Hall–Kier alpha value is -1.52. The zero-order chi connectivity index (χ0) is 12.5. The number of anilines is 1. The zero-order valence-electron chi connectivity index (χ0n) is 10.4. The standard InChI is InChI=1S/C12H20N4O/c1-12(2)5-3-4-8(6-12)15-11(17)9-7-14-16-10(9)13/h7-8H,3-6H2,1-2H3,(H,15,17)(H3,13,14,16). The van der Waals surface area contributed by atoms with E-state index in [4.69, 9.17) is 5.73 Å². The maximum atomic E-state index is 12.0. The van der Waals surface area contributed by atoms with Crippen LogP contribution in [0.25, 0.3) is 0 Å². The third kappa shape index (κ3) is 2.78. The average molecular weight is 236 g/mol. The van der Waals surface area contributed by atoms with Gasteiger partial charge in [-0.2, -0.15) is 5.10 Å². The number of nitrogens with zero attached hydrogens (tertiary/aromatic N) is 1. The molecule has 1 aliphatic carbocycles. The van der Waals surface area contributed by atoms with Crippen molar-refractivity contribution in [2.24, 2.45) is 5.41 Å². The summed E-state index contributed by atoms with van der Waals surface area (Å²) in [6, 6.07) is 0.251. The van der Waals surface area contributed by atoms with E-state index in [0.29, 0.717) is 16.8 Å². The van der Waals surface area contributed by atoms with E-state index in [1.807, 2.05) is 0 Å². The van der Waals surface area contributed by atoms with Crippen molar-refractivity contribution in [1.29, 1.82) is 0 Å². The lowest BCUT2D eigenvalue weighted by Gasteiger charge is -2.35. The van der Waals surface area contributed by atoms with Crippen molar-refractivity contribution in [2.75, 3.05) is 5.73 Å². The largest absolute Gasteiger partial charge is 0.383 e. The van der Waals surface area contributed by atoms with Crippen molar-refractivity contribution in [3.63, 3.8) is 0 Å². The number of carbonyl (C=O) groups excluding carboxylic acids is 1. The minimum Gasteiger partial charge on any atom is -0.383 e. The first-order valence-electron chi connectivity index (χ1n) is 6.08. The van der Waals surface area contributed by atoms with Crippen LogP contribution in [0.1, 0.15) is 49.9 Å². The van der Waals surface area contributed by atoms with Crippen LogP contribution < -0.4 is 11.1 Å². The monoisotopic (exact) mass is 236 g/mol. The van der Waals surface area contributed by atoms with Crippen LogP contribution in [0.3, 0.4) is 0 Å². The molecule has 0 spiro atoms. The normalized spacial score (nSPS) is 23.3. The topological polar surface area (TPSA) is 83.8 Å². The summed E-state index contributed by atoms with van der Waals surface area (Å²) in [5, 5.41) is 9.36. The highest BCUT2D eigenvalue weighted by Crippen LogP contribution is 2.35. The fourth-order valence-corrected chi connectivity index (χ4v) is 2.56. The Morgan fingerprint density at radius 2 is 2.41 bits per heavy atom. The Morgan fingerprint density at radius 1 is 1.65 bits per heavy atom. The molecule has 0 aliphatic heterocycles. The SMILES string of the molecule is CC1(C)CCCC(NC(=O)c2cn[nH]c2N)C1. The van der Waals surface area contributed by atoms with E-state index in [2.05, 4.69) is 29.4 Å². The van der Waals surface area contributed by atoms with Gasteiger partial charge in [-0.05, 0) is 24.7 Å². The van der Waals surface area contributed by atoms with Crippen LogP contribution in [0.5, 0.6) is 0 Å². The first-order chi connectivity index (χ1) is 7.98. The van der Waals surface area contributed by atoms with Gasteiger partial charge in [-0.1, -0.05) is 20.3 Å². The lowest BCUT2D eigenvalue weighted by atomic mass is 9.75. The van der Waals surface area contributed by atoms with Gasteiger partial charge in [-0.15, -0.1) is 0 Å². The lowest BCUT2D eigenvalue weighted by Crippen LogP contribution is -2.40. The van der Waals surface area contributed by atoms with Crippen molar-refractivity contribution in [2.45, 2.75) is 45.6 Å². The van der Waals surface area contributed by atoms with Crippen molar-refractivity contribution >= 4 is 11.7 Å². The van der Waals surface area contributed by atoms with E-state index >= 15 is 0 Å². The second-order valence-electron chi connectivity index (χ2n) is 5.63. The molecule has 94 valence electrons. The molecule has 2 rings (SSSR count). The molecule has 1 aliphatic rings. The zero-order valence-corrected chi connectivity index (χ0v) is 10.4. The molecule has 17 heavy (non-hydrogen) atoms. The van der Waals surface area contributed by atoms with Crippen molar-refractivity contribution in [3.8, 4) is 0 Å². The number of nitrogens with two attached hydrogens (primary N) is 1. The van der Waals surface area contributed by atoms with Crippen LogP contribution in [0.15, 0.2) is 6.20 Å². The van der Waals surface area contributed by atoms with Crippen LogP contribution in [0, 0.1) is 5.41 Å². The summed E-state index contributed by atoms with van der Waals surface area (Å²) in [6.07, 6.45) is 5.94. The molecule has 1 fully saturated rings. The molecule has 0 aromatic carbocycles. The smallest absolute Gasteiger partial charge is 0.256 e. The van der Waals surface area contributed by atoms with Crippen LogP contribution >= 0.6 is 0 Å². The van der Waals surface area contributed by atoms with Crippen LogP contribution in [0.4, 0.5) is 5.82 Å². The quantitative estimate of drug-likeness (QED) is 0.730. The molecular weight excluding hydrogens is 216 g/mol. The summed E-state index contributed by atoms with van der Waals surface area (Å²) in [7, 11) is 0. The van der Waals surface area contributed by atoms with Gasteiger partial charge in [0, 0.05) is 6.04 Å². The highest BCUT2D eigenvalue weighted by Gasteiger charge is 2.29. The van der Waals surface area contributed by atoms with Gasteiger partial charge in [0.15, 0.2) is 0 Å². The van der Waals surface area contributed by atoms with Gasteiger partial charge in [0.2, 0.25) is 0 Å². The van der Waals surface area contributed by atoms with Crippen LogP contribution in [-0.4, -0.2) is 22.1 Å². The van der Waals surface area contributed by atoms with Gasteiger partial charge in [0.05, 0.1) is 6.20 Å². The minimum absolute atomic E-state index is 0.126. The van der Waals surface area contributed by atoms with Gasteiger partial charge in [0.1, 0.15) is 11.4 Å². The fourth-order valence-electron chi connectivity index (χ4n) is 2.56. The minimum atomic E-state index is -0.126. The van der Waals surface area contributed by atoms with E-state index in [-0.39, 0.29) is 11.9 Å². The summed E-state index contributed by atoms with van der Waals surface area (Å²) >= 11 is 0. The Labute approximate surface area is 101 Å². The number of rotatable bonds is 2. The molecular formula is C12H20N4O. The summed E-state index contributed by atoms with van der Waals surface area (Å²) in [4.78, 5) is 12.0. The van der Waals surface area contributed by atoms with Gasteiger partial charge >= 0.3 is 0 Å². The predicted octanol–water partition coefficient (Wildman–Crippen LogP) is 1.69. The predicted molar refractivity (Wildman–Crippen MR) is 66.5 cm³/mol. The number of hydrogen-bond donors (Lipinski definition) is 3. The molecule has 0 bridgehead atoms. The summed E-state index contributed by atoms with van der Waals surface area (Å²) in [5.74, 6) is 0.205. The number of aromatic amines is 1. The maximum absolute atomic E-state index is 12.0. The Morgan fingerprint density at radius 3 is 3.00 bits per heavy atom. The second-order valence-corrected chi connectivity index (χ2v) is 5.63. The molecule has 0 saturated heterocycles. The van der Waals surface area contributed by atoms with Gasteiger partial charge in [-0.3, -0.25) is 9.89 Å². The number of nitrogens with one attached hydrogen (secondary N) is 2. The number of carbonyl (C=O) groups is 1. The van der Waals surface area contributed by atoms with Crippen LogP contribution in [-0.2, 0) is 0 Å². The number of H-pyrrole nitrogens is 1. The Balaban J connectivity index is 1.98. The summed E-state index contributed by atoms with van der Waals surface area (Å²) in [5.41, 5.74) is 6.38. The van der Waals surface area contributed by atoms with Gasteiger partial charge < -0.3 is 11.1 Å². The first kappa shape index (κ1) is 12.0. The Kier molecular flexibility index (Phi) is 3.09. The van der Waals surface area contributed by atoms with E-state index in [1.165, 1.54) is 19.0 Å². The lowest BCUT2D eigenvalue weighted by molar-refractivity contribution is 0.0903. The van der Waals surface area contributed by atoms with Crippen molar-refractivity contribution in [1.82, 2.24) is 15.5 Å². The third-order valence-electron chi connectivity index (χ3n) is 3.45. The molecule has 1 amide bonds. The summed E-state index contributed by atoms with van der Waals surface area (Å²) < 4.78 is 0. The van der Waals surface area contributed by atoms with E-state index < -0.39 is 0 Å². The van der Waals surface area contributed by atoms with Gasteiger partial charge in [0.25, 0.3) is 5.91 Å². The average Bonchev–Trinajstić information content (AvgIpc) is 2.62. The molecule has 1 aromatic rings. The van der Waals surface area contributed by atoms with E-state index in [9.17, 15) is 4.79 Å². The second kappa shape index (κ2) is 4.39. The van der Waals surface area contributed by atoms with Crippen molar-refractivity contribution in [3.05, 3.63) is 11.8 Å². The Bertz CT molecular complexity index is 410. The molecule has 1 atom stereocenters. The molecule has 1 heterocycles. The van der Waals surface area contributed by atoms with Gasteiger partial charge in [-0.25, -0.2) is 0 Å². The molecule has 5 heteroatoms. The molecule has 4 N–H and O–H groups in total. The molecule has 1 unspecified atom stereocenters. The fraction of sp³-hybridized carbons (Fsp3) is 0.667. The maximum Gasteiger partial charge on any atom is 0.256 e.